The van der Waals surface area contributed by atoms with Crippen LogP contribution in [0.5, 0.6) is 5.75 Å². The zero-order chi connectivity index (χ0) is 17.0. The summed E-state index contributed by atoms with van der Waals surface area (Å²) in [6, 6.07) is 16.9. The SMILES string of the molecule is COc1ccccc1S(=O)(=O)NCC1CCCN1c1ccccc1. The van der Waals surface area contributed by atoms with E-state index in [1.807, 2.05) is 18.2 Å². The van der Waals surface area contributed by atoms with Gasteiger partial charge in [0.1, 0.15) is 10.6 Å². The number of anilines is 1. The molecular formula is C18H22N2O3S. The first-order valence-corrected chi connectivity index (χ1v) is 9.54. The van der Waals surface area contributed by atoms with Gasteiger partial charge in [-0.1, -0.05) is 30.3 Å². The summed E-state index contributed by atoms with van der Waals surface area (Å²) in [6.07, 6.45) is 2.04. The molecule has 128 valence electrons. The first kappa shape index (κ1) is 16.8. The molecule has 1 aliphatic rings. The van der Waals surface area contributed by atoms with Crippen LogP contribution in [0.1, 0.15) is 12.8 Å². The van der Waals surface area contributed by atoms with Gasteiger partial charge in [0.15, 0.2) is 0 Å². The molecule has 0 aliphatic carbocycles. The number of rotatable bonds is 6. The van der Waals surface area contributed by atoms with Gasteiger partial charge in [0.2, 0.25) is 10.0 Å². The molecule has 0 saturated carbocycles. The number of hydrogen-bond acceptors (Lipinski definition) is 4. The second-order valence-electron chi connectivity index (χ2n) is 5.83. The van der Waals surface area contributed by atoms with Crippen molar-refractivity contribution in [2.24, 2.45) is 0 Å². The van der Waals surface area contributed by atoms with Crippen molar-refractivity contribution in [3.05, 3.63) is 54.6 Å². The molecule has 5 nitrogen and oxygen atoms in total. The number of para-hydroxylation sites is 2. The second-order valence-corrected chi connectivity index (χ2v) is 7.56. The number of sulfonamides is 1. The topological polar surface area (TPSA) is 58.6 Å². The molecule has 0 amide bonds. The minimum atomic E-state index is -3.60. The molecule has 0 radical (unpaired) electrons. The van der Waals surface area contributed by atoms with Crippen molar-refractivity contribution in [1.82, 2.24) is 4.72 Å². The fraction of sp³-hybridized carbons (Fsp3) is 0.333. The summed E-state index contributed by atoms with van der Waals surface area (Å²) in [4.78, 5) is 2.45. The van der Waals surface area contributed by atoms with E-state index in [1.54, 1.807) is 24.3 Å². The van der Waals surface area contributed by atoms with E-state index in [4.69, 9.17) is 4.74 Å². The number of benzene rings is 2. The average Bonchev–Trinajstić information content (AvgIpc) is 3.09. The van der Waals surface area contributed by atoms with Crippen LogP contribution in [0.15, 0.2) is 59.5 Å². The van der Waals surface area contributed by atoms with Gasteiger partial charge in [-0.3, -0.25) is 0 Å². The number of ether oxygens (including phenoxy) is 1. The molecule has 1 unspecified atom stereocenters. The molecule has 2 aromatic rings. The Morgan fingerprint density at radius 2 is 1.83 bits per heavy atom. The molecule has 1 saturated heterocycles. The first-order valence-electron chi connectivity index (χ1n) is 8.06. The van der Waals surface area contributed by atoms with Crippen molar-refractivity contribution in [1.29, 1.82) is 0 Å². The number of hydrogen-bond donors (Lipinski definition) is 1. The fourth-order valence-corrected chi connectivity index (χ4v) is 4.37. The predicted molar refractivity (Wildman–Crippen MR) is 95.0 cm³/mol. The van der Waals surface area contributed by atoms with E-state index in [1.165, 1.54) is 7.11 Å². The first-order chi connectivity index (χ1) is 11.6. The van der Waals surface area contributed by atoms with Crippen molar-refractivity contribution in [2.75, 3.05) is 25.1 Å². The second kappa shape index (κ2) is 7.23. The summed E-state index contributed by atoms with van der Waals surface area (Å²) in [6.45, 7) is 1.33. The lowest BCUT2D eigenvalue weighted by atomic mass is 10.2. The minimum Gasteiger partial charge on any atom is -0.495 e. The molecule has 2 aromatic carbocycles. The summed E-state index contributed by atoms with van der Waals surface area (Å²) in [5.41, 5.74) is 1.14. The molecule has 0 spiro atoms. The normalized spacial score (nSPS) is 17.9. The highest BCUT2D eigenvalue weighted by Gasteiger charge is 2.27. The van der Waals surface area contributed by atoms with Crippen LogP contribution in [-0.4, -0.2) is 34.7 Å². The molecule has 24 heavy (non-hydrogen) atoms. The van der Waals surface area contributed by atoms with Crippen LogP contribution in [0, 0.1) is 0 Å². The quantitative estimate of drug-likeness (QED) is 0.874. The number of nitrogens with zero attached hydrogens (tertiary/aromatic N) is 1. The van der Waals surface area contributed by atoms with E-state index >= 15 is 0 Å². The van der Waals surface area contributed by atoms with Gasteiger partial charge in [-0.25, -0.2) is 13.1 Å². The molecular weight excluding hydrogens is 324 g/mol. The lowest BCUT2D eigenvalue weighted by Gasteiger charge is -2.27. The average molecular weight is 346 g/mol. The Hall–Kier alpha value is -2.05. The maximum Gasteiger partial charge on any atom is 0.244 e. The van der Waals surface area contributed by atoms with Crippen molar-refractivity contribution >= 4 is 15.7 Å². The molecule has 1 N–H and O–H groups in total. The van der Waals surface area contributed by atoms with E-state index in [0.29, 0.717) is 12.3 Å². The lowest BCUT2D eigenvalue weighted by molar-refractivity contribution is 0.402. The molecule has 1 atom stereocenters. The van der Waals surface area contributed by atoms with Crippen molar-refractivity contribution in [3.63, 3.8) is 0 Å². The van der Waals surface area contributed by atoms with Gasteiger partial charge in [0.25, 0.3) is 0 Å². The summed E-state index contributed by atoms with van der Waals surface area (Å²) >= 11 is 0. The zero-order valence-corrected chi connectivity index (χ0v) is 14.5. The Morgan fingerprint density at radius 1 is 1.12 bits per heavy atom. The molecule has 1 aliphatic heterocycles. The van der Waals surface area contributed by atoms with Crippen LogP contribution < -0.4 is 14.4 Å². The van der Waals surface area contributed by atoms with Gasteiger partial charge in [-0.2, -0.15) is 0 Å². The van der Waals surface area contributed by atoms with Crippen molar-refractivity contribution in [3.8, 4) is 5.75 Å². The van der Waals surface area contributed by atoms with Gasteiger partial charge < -0.3 is 9.64 Å². The third-order valence-electron chi connectivity index (χ3n) is 4.33. The van der Waals surface area contributed by atoms with Crippen molar-refractivity contribution in [2.45, 2.75) is 23.8 Å². The van der Waals surface area contributed by atoms with Crippen LogP contribution in [0.2, 0.25) is 0 Å². The Labute approximate surface area is 143 Å². The number of nitrogens with one attached hydrogen (secondary N) is 1. The van der Waals surface area contributed by atoms with Gasteiger partial charge in [0.05, 0.1) is 7.11 Å². The Morgan fingerprint density at radius 3 is 2.58 bits per heavy atom. The van der Waals surface area contributed by atoms with Gasteiger partial charge in [0, 0.05) is 24.8 Å². The third kappa shape index (κ3) is 3.55. The Balaban J connectivity index is 1.72. The van der Waals surface area contributed by atoms with Crippen molar-refractivity contribution < 1.29 is 13.2 Å². The lowest BCUT2D eigenvalue weighted by Crippen LogP contribution is -2.40. The summed E-state index contributed by atoms with van der Waals surface area (Å²) in [7, 11) is -2.12. The smallest absolute Gasteiger partial charge is 0.244 e. The van der Waals surface area contributed by atoms with Crippen LogP contribution in [0.25, 0.3) is 0 Å². The summed E-state index contributed by atoms with van der Waals surface area (Å²) in [5, 5.41) is 0. The van der Waals surface area contributed by atoms with E-state index in [-0.39, 0.29) is 10.9 Å². The number of methoxy groups -OCH3 is 1. The minimum absolute atomic E-state index is 0.164. The van der Waals surface area contributed by atoms with Crippen LogP contribution in [0.4, 0.5) is 5.69 Å². The standard InChI is InChI=1S/C18H22N2O3S/c1-23-17-11-5-6-12-18(17)24(21,22)19-14-16-10-7-13-20(16)15-8-3-2-4-9-15/h2-6,8-9,11-12,16,19H,7,10,13-14H2,1H3. The monoisotopic (exact) mass is 346 g/mol. The van der Waals surface area contributed by atoms with Gasteiger partial charge in [-0.05, 0) is 37.1 Å². The molecule has 1 heterocycles. The van der Waals surface area contributed by atoms with Crippen LogP contribution >= 0.6 is 0 Å². The Bertz CT molecular complexity index is 778. The van der Waals surface area contributed by atoms with E-state index in [2.05, 4.69) is 21.8 Å². The van der Waals surface area contributed by atoms with E-state index in [9.17, 15) is 8.42 Å². The zero-order valence-electron chi connectivity index (χ0n) is 13.7. The Kier molecular flexibility index (Phi) is 5.06. The van der Waals surface area contributed by atoms with E-state index < -0.39 is 10.0 Å². The maximum atomic E-state index is 12.6. The van der Waals surface area contributed by atoms with Gasteiger partial charge in [-0.15, -0.1) is 0 Å². The highest BCUT2D eigenvalue weighted by molar-refractivity contribution is 7.89. The molecule has 6 heteroatoms. The fourth-order valence-electron chi connectivity index (χ4n) is 3.13. The molecule has 3 rings (SSSR count). The predicted octanol–water partition coefficient (Wildman–Crippen LogP) is 2.64. The molecule has 0 bridgehead atoms. The van der Waals surface area contributed by atoms with E-state index in [0.717, 1.165) is 25.1 Å². The van der Waals surface area contributed by atoms with Crippen LogP contribution in [-0.2, 0) is 10.0 Å². The molecule has 1 fully saturated rings. The third-order valence-corrected chi connectivity index (χ3v) is 5.80. The summed E-state index contributed by atoms with van der Waals surface area (Å²) < 4.78 is 33.1. The van der Waals surface area contributed by atoms with Crippen LogP contribution in [0.3, 0.4) is 0 Å². The highest BCUT2D eigenvalue weighted by Crippen LogP contribution is 2.26. The highest BCUT2D eigenvalue weighted by atomic mass is 32.2. The van der Waals surface area contributed by atoms with Gasteiger partial charge >= 0.3 is 0 Å². The molecule has 0 aromatic heterocycles. The maximum absolute atomic E-state index is 12.6. The summed E-state index contributed by atoms with van der Waals surface area (Å²) in [5.74, 6) is 0.358. The largest absolute Gasteiger partial charge is 0.495 e.